The average Bonchev–Trinajstić information content (AvgIpc) is 2.82. The van der Waals surface area contributed by atoms with Crippen LogP contribution in [-0.4, -0.2) is 26.8 Å². The van der Waals surface area contributed by atoms with Crippen molar-refractivity contribution in [3.05, 3.63) is 24.3 Å². The van der Waals surface area contributed by atoms with Gasteiger partial charge >= 0.3 is 5.76 Å². The SMILES string of the molecule is NC1CCCC1CNc1ccc(S(=O)(=O)C(F)F)cc1. The van der Waals surface area contributed by atoms with Gasteiger partial charge in [0, 0.05) is 18.3 Å². The quantitative estimate of drug-likeness (QED) is 0.875. The molecular formula is C13H18F2N2O2S. The first kappa shape index (κ1) is 15.2. The van der Waals surface area contributed by atoms with Gasteiger partial charge in [0.1, 0.15) is 0 Å². The summed E-state index contributed by atoms with van der Waals surface area (Å²) in [5.41, 5.74) is 6.66. The van der Waals surface area contributed by atoms with Crippen LogP contribution in [0, 0.1) is 5.92 Å². The Morgan fingerprint density at radius 3 is 2.40 bits per heavy atom. The molecule has 1 aliphatic rings. The van der Waals surface area contributed by atoms with E-state index in [1.807, 2.05) is 0 Å². The van der Waals surface area contributed by atoms with Gasteiger partial charge in [-0.2, -0.15) is 8.78 Å². The molecule has 0 heterocycles. The minimum absolute atomic E-state index is 0.195. The number of nitrogens with one attached hydrogen (secondary N) is 1. The molecule has 2 unspecified atom stereocenters. The van der Waals surface area contributed by atoms with Gasteiger partial charge in [-0.3, -0.25) is 0 Å². The first-order valence-electron chi connectivity index (χ1n) is 6.53. The molecule has 0 radical (unpaired) electrons. The number of alkyl halides is 2. The topological polar surface area (TPSA) is 72.2 Å². The summed E-state index contributed by atoms with van der Waals surface area (Å²) in [5.74, 6) is -2.99. The predicted molar refractivity (Wildman–Crippen MR) is 73.4 cm³/mol. The van der Waals surface area contributed by atoms with Crippen LogP contribution in [0.2, 0.25) is 0 Å². The van der Waals surface area contributed by atoms with Gasteiger partial charge < -0.3 is 11.1 Å². The Morgan fingerprint density at radius 1 is 1.25 bits per heavy atom. The second-order valence-corrected chi connectivity index (χ2v) is 6.98. The van der Waals surface area contributed by atoms with Gasteiger partial charge in [0.15, 0.2) is 0 Å². The Balaban J connectivity index is 1.98. The van der Waals surface area contributed by atoms with Gasteiger partial charge in [0.2, 0.25) is 9.84 Å². The number of nitrogens with two attached hydrogens (primary N) is 1. The van der Waals surface area contributed by atoms with Crippen LogP contribution >= 0.6 is 0 Å². The molecule has 0 aromatic heterocycles. The second kappa shape index (κ2) is 6.05. The minimum Gasteiger partial charge on any atom is -0.385 e. The minimum atomic E-state index is -4.51. The summed E-state index contributed by atoms with van der Waals surface area (Å²) in [5, 5.41) is 3.16. The van der Waals surface area contributed by atoms with Crippen LogP contribution in [0.3, 0.4) is 0 Å². The summed E-state index contributed by atoms with van der Waals surface area (Å²) in [6, 6.07) is 5.57. The summed E-state index contributed by atoms with van der Waals surface area (Å²) in [4.78, 5) is -0.365. The highest BCUT2D eigenvalue weighted by Crippen LogP contribution is 2.25. The third kappa shape index (κ3) is 3.27. The van der Waals surface area contributed by atoms with Crippen molar-refractivity contribution < 1.29 is 17.2 Å². The molecule has 0 saturated heterocycles. The van der Waals surface area contributed by atoms with Crippen molar-refractivity contribution in [2.24, 2.45) is 11.7 Å². The lowest BCUT2D eigenvalue weighted by Gasteiger charge is -2.16. The number of halogens is 2. The third-order valence-corrected chi connectivity index (χ3v) is 5.10. The van der Waals surface area contributed by atoms with Crippen molar-refractivity contribution >= 4 is 15.5 Å². The van der Waals surface area contributed by atoms with Crippen LogP contribution in [0.25, 0.3) is 0 Å². The molecule has 20 heavy (non-hydrogen) atoms. The fraction of sp³-hybridized carbons (Fsp3) is 0.538. The van der Waals surface area contributed by atoms with Crippen molar-refractivity contribution in [3.8, 4) is 0 Å². The molecule has 3 N–H and O–H groups in total. The van der Waals surface area contributed by atoms with E-state index >= 15 is 0 Å². The maximum atomic E-state index is 12.4. The van der Waals surface area contributed by atoms with Gasteiger partial charge in [0.25, 0.3) is 0 Å². The second-order valence-electron chi connectivity index (χ2n) is 5.07. The molecule has 2 rings (SSSR count). The van der Waals surface area contributed by atoms with Crippen LogP contribution in [-0.2, 0) is 9.84 Å². The lowest BCUT2D eigenvalue weighted by molar-refractivity contribution is 0.234. The Hall–Kier alpha value is -1.21. The van der Waals surface area contributed by atoms with Crippen LogP contribution in [0.5, 0.6) is 0 Å². The molecule has 0 amide bonds. The molecule has 7 heteroatoms. The Labute approximate surface area is 117 Å². The largest absolute Gasteiger partial charge is 0.385 e. The lowest BCUT2D eigenvalue weighted by atomic mass is 10.0. The Bertz CT molecular complexity index is 546. The zero-order valence-corrected chi connectivity index (χ0v) is 11.7. The van der Waals surface area contributed by atoms with Crippen molar-refractivity contribution in [3.63, 3.8) is 0 Å². The smallest absolute Gasteiger partial charge is 0.341 e. The fourth-order valence-corrected chi connectivity index (χ4v) is 3.15. The predicted octanol–water partition coefficient (Wildman–Crippen LogP) is 2.22. The van der Waals surface area contributed by atoms with E-state index in [4.69, 9.17) is 5.73 Å². The van der Waals surface area contributed by atoms with Gasteiger partial charge in [-0.25, -0.2) is 8.42 Å². The molecule has 112 valence electrons. The highest BCUT2D eigenvalue weighted by molar-refractivity contribution is 7.91. The molecular weight excluding hydrogens is 286 g/mol. The molecule has 2 atom stereocenters. The average molecular weight is 304 g/mol. The summed E-state index contributed by atoms with van der Waals surface area (Å²) in [6.07, 6.45) is 3.23. The van der Waals surface area contributed by atoms with Crippen LogP contribution in [0.4, 0.5) is 14.5 Å². The van der Waals surface area contributed by atoms with Crippen LogP contribution in [0.1, 0.15) is 19.3 Å². The van der Waals surface area contributed by atoms with Crippen LogP contribution < -0.4 is 11.1 Å². The van der Waals surface area contributed by atoms with Crippen molar-refractivity contribution in [1.29, 1.82) is 0 Å². The molecule has 1 aliphatic carbocycles. The number of benzene rings is 1. The van der Waals surface area contributed by atoms with E-state index in [1.54, 1.807) is 0 Å². The summed E-state index contributed by atoms with van der Waals surface area (Å²) in [6.45, 7) is 0.710. The monoisotopic (exact) mass is 304 g/mol. The Morgan fingerprint density at radius 2 is 1.90 bits per heavy atom. The number of hydrogen-bond donors (Lipinski definition) is 2. The van der Waals surface area contributed by atoms with E-state index in [9.17, 15) is 17.2 Å². The van der Waals surface area contributed by atoms with Gasteiger partial charge in [-0.05, 0) is 43.0 Å². The molecule has 1 aromatic rings. The van der Waals surface area contributed by atoms with Gasteiger partial charge in [0.05, 0.1) is 4.90 Å². The Kier molecular flexibility index (Phi) is 4.59. The molecule has 0 aliphatic heterocycles. The summed E-state index contributed by atoms with van der Waals surface area (Å²) in [7, 11) is -4.51. The van der Waals surface area contributed by atoms with Crippen molar-refractivity contribution in [1.82, 2.24) is 0 Å². The number of hydrogen-bond acceptors (Lipinski definition) is 4. The van der Waals surface area contributed by atoms with Crippen LogP contribution in [0.15, 0.2) is 29.2 Å². The maximum Gasteiger partial charge on any atom is 0.341 e. The normalized spacial score (nSPS) is 23.2. The standard InChI is InChI=1S/C13H18F2N2O2S/c14-13(15)20(18,19)11-6-4-10(5-7-11)17-8-9-2-1-3-12(9)16/h4-7,9,12-13,17H,1-3,8,16H2. The third-order valence-electron chi connectivity index (χ3n) is 3.70. The fourth-order valence-electron chi connectivity index (χ4n) is 2.43. The molecule has 1 fully saturated rings. The van der Waals surface area contributed by atoms with E-state index in [1.165, 1.54) is 24.3 Å². The maximum absolute atomic E-state index is 12.4. The van der Waals surface area contributed by atoms with E-state index in [0.717, 1.165) is 19.3 Å². The summed E-state index contributed by atoms with van der Waals surface area (Å²) >= 11 is 0. The van der Waals surface area contributed by atoms with E-state index in [0.29, 0.717) is 18.2 Å². The van der Waals surface area contributed by atoms with Crippen molar-refractivity contribution in [2.45, 2.75) is 36.0 Å². The summed E-state index contributed by atoms with van der Waals surface area (Å²) < 4.78 is 47.3. The first-order chi connectivity index (χ1) is 9.41. The number of sulfone groups is 1. The van der Waals surface area contributed by atoms with E-state index < -0.39 is 15.6 Å². The molecule has 0 spiro atoms. The van der Waals surface area contributed by atoms with E-state index in [-0.39, 0.29) is 10.9 Å². The molecule has 4 nitrogen and oxygen atoms in total. The number of rotatable bonds is 5. The first-order valence-corrected chi connectivity index (χ1v) is 8.07. The molecule has 0 bridgehead atoms. The molecule has 1 saturated carbocycles. The highest BCUT2D eigenvalue weighted by Gasteiger charge is 2.26. The van der Waals surface area contributed by atoms with Gasteiger partial charge in [-0.1, -0.05) is 6.42 Å². The van der Waals surface area contributed by atoms with Crippen molar-refractivity contribution in [2.75, 3.05) is 11.9 Å². The zero-order valence-electron chi connectivity index (χ0n) is 10.9. The zero-order chi connectivity index (χ0) is 14.8. The van der Waals surface area contributed by atoms with Gasteiger partial charge in [-0.15, -0.1) is 0 Å². The van der Waals surface area contributed by atoms with E-state index in [2.05, 4.69) is 5.32 Å². The highest BCUT2D eigenvalue weighted by atomic mass is 32.2. The number of anilines is 1. The lowest BCUT2D eigenvalue weighted by Crippen LogP contribution is -2.29. The molecule has 1 aromatic carbocycles.